The Morgan fingerprint density at radius 2 is 2.15 bits per heavy atom. The maximum Gasteiger partial charge on any atom is 0.307 e. The minimum absolute atomic E-state index is 0.144. The lowest BCUT2D eigenvalue weighted by Gasteiger charge is -2.16. The Kier molecular flexibility index (Phi) is 6.33. The number of hydrogen-bond donors (Lipinski definition) is 3. The van der Waals surface area contributed by atoms with Crippen molar-refractivity contribution in [3.05, 3.63) is 70.8 Å². The molecule has 1 aromatic carbocycles. The van der Waals surface area contributed by atoms with Gasteiger partial charge in [0.15, 0.2) is 0 Å². The molecule has 0 saturated heterocycles. The molecule has 3 aromatic heterocycles. The largest absolute Gasteiger partial charge is 0.440 e. The average molecular weight is 472 g/mol. The van der Waals surface area contributed by atoms with E-state index in [0.29, 0.717) is 34.3 Å². The molecule has 0 fully saturated rings. The Morgan fingerprint density at radius 1 is 1.33 bits per heavy atom. The number of hydrogen-bond acceptors (Lipinski definition) is 8. The fourth-order valence-corrected chi connectivity index (χ4v) is 3.32. The first-order chi connectivity index (χ1) is 15.8. The highest BCUT2D eigenvalue weighted by Gasteiger charge is 2.21. The maximum atomic E-state index is 13.7. The van der Waals surface area contributed by atoms with Crippen molar-refractivity contribution in [2.75, 3.05) is 11.9 Å². The van der Waals surface area contributed by atoms with Crippen LogP contribution in [0.5, 0.6) is 0 Å². The van der Waals surface area contributed by atoms with E-state index in [1.54, 1.807) is 37.1 Å². The highest BCUT2D eigenvalue weighted by molar-refractivity contribution is 6.30. The number of carbonyl (C=O) groups excluding carboxylic acids is 1. The van der Waals surface area contributed by atoms with Crippen LogP contribution in [0.15, 0.2) is 47.3 Å². The Morgan fingerprint density at radius 3 is 2.85 bits per heavy atom. The molecule has 4 rings (SSSR count). The molecule has 3 heterocycles. The van der Waals surface area contributed by atoms with Gasteiger partial charge in [-0.25, -0.2) is 19.3 Å². The zero-order valence-corrected chi connectivity index (χ0v) is 18.3. The second kappa shape index (κ2) is 9.35. The lowest BCUT2D eigenvalue weighted by atomic mass is 10.1. The quantitative estimate of drug-likeness (QED) is 0.374. The number of nitrogens with one attached hydrogen (secondary N) is 2. The van der Waals surface area contributed by atoms with Gasteiger partial charge in [0.1, 0.15) is 29.3 Å². The van der Waals surface area contributed by atoms with Crippen LogP contribution in [0.1, 0.15) is 27.9 Å². The van der Waals surface area contributed by atoms with Gasteiger partial charge in [0.05, 0.1) is 18.8 Å². The lowest BCUT2D eigenvalue weighted by Crippen LogP contribution is -2.31. The minimum Gasteiger partial charge on any atom is -0.440 e. The molecule has 3 N–H and O–H groups in total. The van der Waals surface area contributed by atoms with Crippen molar-refractivity contribution < 1.29 is 18.7 Å². The molecule has 170 valence electrons. The van der Waals surface area contributed by atoms with Crippen LogP contribution in [0, 0.1) is 12.7 Å². The molecule has 4 aromatic rings. The summed E-state index contributed by atoms with van der Waals surface area (Å²) in [6.45, 7) is 1.32. The van der Waals surface area contributed by atoms with Crippen LogP contribution >= 0.6 is 11.6 Å². The van der Waals surface area contributed by atoms with Crippen molar-refractivity contribution in [1.29, 1.82) is 0 Å². The predicted octanol–water partition coefficient (Wildman–Crippen LogP) is 3.17. The molecule has 10 nitrogen and oxygen atoms in total. The highest BCUT2D eigenvalue weighted by atomic mass is 35.5. The zero-order chi connectivity index (χ0) is 23.5. The van der Waals surface area contributed by atoms with Gasteiger partial charge in [0.25, 0.3) is 5.89 Å². The minimum atomic E-state index is -0.906. The van der Waals surface area contributed by atoms with E-state index in [0.717, 1.165) is 6.07 Å². The molecule has 0 bridgehead atoms. The molecule has 0 aliphatic heterocycles. The van der Waals surface area contributed by atoms with Crippen LogP contribution in [-0.4, -0.2) is 42.4 Å². The summed E-state index contributed by atoms with van der Waals surface area (Å²) in [6.07, 6.45) is 4.55. The van der Waals surface area contributed by atoms with Crippen LogP contribution in [0.3, 0.4) is 0 Å². The van der Waals surface area contributed by atoms with Crippen LogP contribution in [0.2, 0.25) is 5.02 Å². The van der Waals surface area contributed by atoms with Crippen LogP contribution in [-0.2, 0) is 7.05 Å². The van der Waals surface area contributed by atoms with Crippen molar-refractivity contribution >= 4 is 29.3 Å². The molecule has 1 amide bonds. The molecule has 0 radical (unpaired) electrons. The van der Waals surface area contributed by atoms with E-state index < -0.39 is 24.4 Å². The molecule has 0 aliphatic rings. The van der Waals surface area contributed by atoms with Gasteiger partial charge in [-0.2, -0.15) is 5.10 Å². The molecule has 1 atom stereocenters. The van der Waals surface area contributed by atoms with Gasteiger partial charge in [-0.15, -0.1) is 0 Å². The molecule has 12 heteroatoms. The molecule has 0 spiro atoms. The van der Waals surface area contributed by atoms with E-state index in [1.807, 2.05) is 0 Å². The summed E-state index contributed by atoms with van der Waals surface area (Å²) < 4.78 is 20.6. The lowest BCUT2D eigenvalue weighted by molar-refractivity contribution is 0.0881. The van der Waals surface area contributed by atoms with Gasteiger partial charge in [-0.1, -0.05) is 11.6 Å². The Balaban J connectivity index is 1.54. The number of aryl methyl sites for hydroxylation is 2. The van der Waals surface area contributed by atoms with E-state index >= 15 is 0 Å². The first kappa shape index (κ1) is 22.4. The predicted molar refractivity (Wildman–Crippen MR) is 117 cm³/mol. The van der Waals surface area contributed by atoms with E-state index in [-0.39, 0.29) is 10.9 Å². The first-order valence-electron chi connectivity index (χ1n) is 9.76. The molecular weight excluding hydrogens is 453 g/mol. The zero-order valence-electron chi connectivity index (χ0n) is 17.6. The van der Waals surface area contributed by atoms with Gasteiger partial charge < -0.3 is 20.2 Å². The normalized spacial score (nSPS) is 11.9. The Bertz CT molecular complexity index is 1290. The summed E-state index contributed by atoms with van der Waals surface area (Å²) in [7, 11) is 1.78. The van der Waals surface area contributed by atoms with Crippen LogP contribution in [0.4, 0.5) is 16.2 Å². The monoisotopic (exact) mass is 471 g/mol. The number of benzene rings is 1. The second-order valence-electron chi connectivity index (χ2n) is 7.14. The van der Waals surface area contributed by atoms with Crippen molar-refractivity contribution in [2.45, 2.75) is 13.0 Å². The maximum absolute atomic E-state index is 13.7. The Labute approximate surface area is 192 Å². The third-order valence-corrected chi connectivity index (χ3v) is 4.97. The number of oxazole rings is 1. The molecule has 0 aliphatic carbocycles. The van der Waals surface area contributed by atoms with E-state index in [4.69, 9.17) is 16.0 Å². The van der Waals surface area contributed by atoms with Gasteiger partial charge in [-0.3, -0.25) is 9.48 Å². The van der Waals surface area contributed by atoms with Crippen LogP contribution < -0.4 is 10.6 Å². The van der Waals surface area contributed by atoms with Gasteiger partial charge >= 0.3 is 5.91 Å². The number of nitrogens with zero attached hydrogens (tertiary/aromatic N) is 5. The van der Waals surface area contributed by atoms with Crippen molar-refractivity contribution in [3.63, 3.8) is 0 Å². The van der Waals surface area contributed by atoms with Gasteiger partial charge in [0, 0.05) is 24.3 Å². The summed E-state index contributed by atoms with van der Waals surface area (Å²) in [5.74, 6) is -0.516. The standard InChI is InChI=1S/C21H19ClFN7O3/c1-11-8-24-21(28-17-3-4-25-30(17)2)29-18(11)16-10-33-20(27-16)19(32)26-15(9-31)12-5-13(22)7-14(23)6-12/h3-8,10,15,31H,9H2,1-2H3,(H,26,32)(H,24,28,29)/t15-/m1/s1. The van der Waals surface area contributed by atoms with Gasteiger partial charge in [0.2, 0.25) is 5.95 Å². The van der Waals surface area contributed by atoms with Crippen molar-refractivity contribution in [2.24, 2.45) is 7.05 Å². The molecule has 0 saturated carbocycles. The van der Waals surface area contributed by atoms with Gasteiger partial charge in [-0.05, 0) is 36.2 Å². The third-order valence-electron chi connectivity index (χ3n) is 4.75. The van der Waals surface area contributed by atoms with E-state index in [2.05, 4.69) is 30.7 Å². The summed E-state index contributed by atoms with van der Waals surface area (Å²) in [6, 6.07) is 4.62. The number of aromatic nitrogens is 5. The molecule has 33 heavy (non-hydrogen) atoms. The SMILES string of the molecule is Cc1cnc(Nc2ccnn2C)nc1-c1coc(C(=O)N[C@H](CO)c2cc(F)cc(Cl)c2)n1. The van der Waals surface area contributed by atoms with E-state index in [9.17, 15) is 14.3 Å². The second-order valence-corrected chi connectivity index (χ2v) is 7.58. The number of amides is 1. The smallest absolute Gasteiger partial charge is 0.307 e. The fraction of sp³-hybridized carbons (Fsp3) is 0.190. The summed E-state index contributed by atoms with van der Waals surface area (Å²) in [5.41, 5.74) is 1.81. The number of aliphatic hydroxyl groups is 1. The fourth-order valence-electron chi connectivity index (χ4n) is 3.09. The Hall–Kier alpha value is -3.83. The third kappa shape index (κ3) is 4.99. The topological polar surface area (TPSA) is 131 Å². The number of carbonyl (C=O) groups is 1. The summed E-state index contributed by atoms with van der Waals surface area (Å²) in [4.78, 5) is 25.6. The average Bonchev–Trinajstić information content (AvgIpc) is 3.42. The summed E-state index contributed by atoms with van der Waals surface area (Å²) >= 11 is 5.87. The van der Waals surface area contributed by atoms with Crippen molar-refractivity contribution in [1.82, 2.24) is 30.0 Å². The first-order valence-corrected chi connectivity index (χ1v) is 10.1. The van der Waals surface area contributed by atoms with E-state index in [1.165, 1.54) is 18.4 Å². The van der Waals surface area contributed by atoms with Crippen LogP contribution in [0.25, 0.3) is 11.4 Å². The highest BCUT2D eigenvalue weighted by Crippen LogP contribution is 2.24. The van der Waals surface area contributed by atoms with Crippen molar-refractivity contribution in [3.8, 4) is 11.4 Å². The number of rotatable bonds is 7. The number of halogens is 2. The molecular formula is C21H19ClFN7O3. The molecule has 0 unspecified atom stereocenters. The summed E-state index contributed by atoms with van der Waals surface area (Å²) in [5, 5.41) is 19.5. The number of aliphatic hydroxyl groups excluding tert-OH is 1. The number of anilines is 2.